The zero-order valence-corrected chi connectivity index (χ0v) is 21.7. The number of aliphatic hydroxyl groups is 1. The van der Waals surface area contributed by atoms with Crippen molar-refractivity contribution >= 4 is 5.78 Å². The predicted molar refractivity (Wildman–Crippen MR) is 131 cm³/mol. The fourth-order valence-electron chi connectivity index (χ4n) is 10.5. The van der Waals surface area contributed by atoms with E-state index in [1.807, 2.05) is 0 Å². The van der Waals surface area contributed by atoms with Crippen molar-refractivity contribution in [2.24, 2.45) is 58.2 Å². The molecule has 5 saturated carbocycles. The lowest BCUT2D eigenvalue weighted by Crippen LogP contribution is -2.57. The van der Waals surface area contributed by atoms with E-state index in [0.29, 0.717) is 64.8 Å². The Morgan fingerprint density at radius 3 is 2.74 bits per heavy atom. The lowest BCUT2D eigenvalue weighted by molar-refractivity contribution is -0.169. The molecule has 5 aliphatic rings. The minimum atomic E-state index is -0.659. The number of nitriles is 1. The number of hydrogen-bond donors (Lipinski definition) is 1. The highest BCUT2D eigenvalue weighted by molar-refractivity contribution is 5.83. The molecule has 0 amide bonds. The second kappa shape index (κ2) is 7.89. The maximum absolute atomic E-state index is 13.8. The van der Waals surface area contributed by atoms with Gasteiger partial charge in [0.1, 0.15) is 6.07 Å². The average Bonchev–Trinajstić information content (AvgIpc) is 3.15. The second-order valence-corrected chi connectivity index (χ2v) is 13.5. The van der Waals surface area contributed by atoms with Crippen LogP contribution in [0, 0.1) is 69.5 Å². The minimum absolute atomic E-state index is 0.0833. The SMILES string of the molecule is COC[C@@]1(O)CC[C@@]2(C)[C@@H](CC[C@H]3[C@@H]4[C@@H]5[C@H](C)[C@@H]5[C@H](C(=O)Cn5cc(C#N)cn5)[C@@]4(C)CC[C@@H]32)C1. The molecule has 0 saturated heterocycles. The van der Waals surface area contributed by atoms with Crippen molar-refractivity contribution in [1.82, 2.24) is 9.78 Å². The van der Waals surface area contributed by atoms with E-state index in [9.17, 15) is 9.90 Å². The first-order chi connectivity index (χ1) is 16.6. The summed E-state index contributed by atoms with van der Waals surface area (Å²) < 4.78 is 7.05. The highest BCUT2D eigenvalue weighted by Crippen LogP contribution is 2.78. The maximum atomic E-state index is 13.8. The van der Waals surface area contributed by atoms with E-state index < -0.39 is 5.60 Å². The number of carbonyl (C=O) groups excluding carboxylic acids is 1. The Kier molecular flexibility index (Phi) is 5.34. The molecule has 5 aliphatic carbocycles. The lowest BCUT2D eigenvalue weighted by atomic mass is 9.43. The van der Waals surface area contributed by atoms with Gasteiger partial charge in [0, 0.05) is 19.2 Å². The van der Waals surface area contributed by atoms with Crippen LogP contribution < -0.4 is 0 Å². The molecule has 11 atom stereocenters. The van der Waals surface area contributed by atoms with Crippen molar-refractivity contribution in [2.45, 2.75) is 77.9 Å². The number of fused-ring (bicyclic) bond motifs is 7. The molecule has 1 heterocycles. The van der Waals surface area contributed by atoms with Crippen molar-refractivity contribution in [2.75, 3.05) is 13.7 Å². The third-order valence-corrected chi connectivity index (χ3v) is 12.0. The molecule has 1 aromatic rings. The number of Topliss-reactive ketones (excluding diaryl/α,β-unsaturated/α-hetero) is 1. The van der Waals surface area contributed by atoms with Gasteiger partial charge in [-0.1, -0.05) is 20.8 Å². The van der Waals surface area contributed by atoms with Crippen molar-refractivity contribution in [3.63, 3.8) is 0 Å². The summed E-state index contributed by atoms with van der Waals surface area (Å²) in [6.45, 7) is 8.08. The van der Waals surface area contributed by atoms with E-state index in [-0.39, 0.29) is 17.9 Å². The van der Waals surface area contributed by atoms with Gasteiger partial charge >= 0.3 is 0 Å². The van der Waals surface area contributed by atoms with Gasteiger partial charge in [-0.25, -0.2) is 0 Å². The first-order valence-electron chi connectivity index (χ1n) is 13.8. The summed E-state index contributed by atoms with van der Waals surface area (Å²) in [5, 5.41) is 24.5. The normalized spacial score (nSPS) is 49.8. The first kappa shape index (κ1) is 23.7. The molecule has 0 aliphatic heterocycles. The van der Waals surface area contributed by atoms with Crippen molar-refractivity contribution < 1.29 is 14.6 Å². The number of ether oxygens (including phenoxy) is 1. The average molecular weight is 480 g/mol. The number of ketones is 1. The Labute approximate surface area is 209 Å². The molecule has 190 valence electrons. The van der Waals surface area contributed by atoms with E-state index in [4.69, 9.17) is 10.00 Å². The molecule has 1 N–H and O–H groups in total. The van der Waals surface area contributed by atoms with Crippen LogP contribution in [0.15, 0.2) is 12.4 Å². The van der Waals surface area contributed by atoms with Crippen LogP contribution in [-0.2, 0) is 16.1 Å². The Bertz CT molecular complexity index is 1060. The number of hydrogen-bond acceptors (Lipinski definition) is 5. The summed E-state index contributed by atoms with van der Waals surface area (Å²) in [6.07, 6.45) is 10.9. The Morgan fingerprint density at radius 2 is 2.03 bits per heavy atom. The molecule has 35 heavy (non-hydrogen) atoms. The molecule has 0 aromatic carbocycles. The molecule has 0 bridgehead atoms. The monoisotopic (exact) mass is 479 g/mol. The Hall–Kier alpha value is -1.71. The van der Waals surface area contributed by atoms with Crippen molar-refractivity contribution in [3.8, 4) is 6.07 Å². The number of nitrogens with zero attached hydrogens (tertiary/aromatic N) is 3. The smallest absolute Gasteiger partial charge is 0.158 e. The Morgan fingerprint density at radius 1 is 1.23 bits per heavy atom. The van der Waals surface area contributed by atoms with E-state index in [2.05, 4.69) is 31.9 Å². The van der Waals surface area contributed by atoms with Gasteiger partial charge in [0.15, 0.2) is 5.78 Å². The number of methoxy groups -OCH3 is 1. The van der Waals surface area contributed by atoms with Crippen LogP contribution in [0.2, 0.25) is 0 Å². The predicted octanol–water partition coefficient (Wildman–Crippen LogP) is 4.46. The highest BCUT2D eigenvalue weighted by Gasteiger charge is 2.74. The third kappa shape index (κ3) is 3.33. The fourth-order valence-corrected chi connectivity index (χ4v) is 10.5. The number of rotatable bonds is 5. The molecule has 6 nitrogen and oxygen atoms in total. The van der Waals surface area contributed by atoms with E-state index in [1.54, 1.807) is 24.2 Å². The fraction of sp³-hybridized carbons (Fsp3) is 0.828. The van der Waals surface area contributed by atoms with Crippen LogP contribution in [0.4, 0.5) is 0 Å². The van der Waals surface area contributed by atoms with E-state index in [0.717, 1.165) is 25.7 Å². The molecule has 6 heteroatoms. The van der Waals surface area contributed by atoms with Gasteiger partial charge in [0.2, 0.25) is 0 Å². The van der Waals surface area contributed by atoms with Crippen LogP contribution in [0.3, 0.4) is 0 Å². The molecule has 6 rings (SSSR count). The molecule has 5 fully saturated rings. The number of carbonyl (C=O) groups is 1. The van der Waals surface area contributed by atoms with Crippen LogP contribution in [0.1, 0.15) is 71.3 Å². The molecular weight excluding hydrogens is 438 g/mol. The zero-order chi connectivity index (χ0) is 24.8. The van der Waals surface area contributed by atoms with Crippen molar-refractivity contribution in [1.29, 1.82) is 5.26 Å². The summed E-state index contributed by atoms with van der Waals surface area (Å²) >= 11 is 0. The van der Waals surface area contributed by atoms with Gasteiger partial charge < -0.3 is 9.84 Å². The summed E-state index contributed by atoms with van der Waals surface area (Å²) in [5.74, 6) is 4.90. The quantitative estimate of drug-likeness (QED) is 0.674. The molecule has 0 unspecified atom stereocenters. The summed E-state index contributed by atoms with van der Waals surface area (Å²) in [6, 6.07) is 2.12. The van der Waals surface area contributed by atoms with Gasteiger partial charge in [-0.3, -0.25) is 9.48 Å². The standard InChI is InChI=1S/C29H41N3O3/c1-17-23-24(17)26(22(33)15-32-14-18(12-30)13-31-32)28(3)8-7-21-20(25(23)28)6-5-19-11-29(34,16-35-4)10-9-27(19,21)2/h13-14,17,19-21,23-26,34H,5-11,15-16H2,1-4H3/t17-,19-,20+,21-,23+,24-,25+,26-,27-,28-,29+/m0/s1. The van der Waals surface area contributed by atoms with Crippen LogP contribution in [0.5, 0.6) is 0 Å². The van der Waals surface area contributed by atoms with E-state index >= 15 is 0 Å². The van der Waals surface area contributed by atoms with Crippen LogP contribution in [-0.4, -0.2) is 40.0 Å². The molecule has 0 spiro atoms. The molecular formula is C29H41N3O3. The minimum Gasteiger partial charge on any atom is -0.387 e. The molecule has 1 aromatic heterocycles. The largest absolute Gasteiger partial charge is 0.387 e. The molecule has 0 radical (unpaired) electrons. The summed E-state index contributed by atoms with van der Waals surface area (Å²) in [7, 11) is 1.70. The topological polar surface area (TPSA) is 88.1 Å². The second-order valence-electron chi connectivity index (χ2n) is 13.5. The maximum Gasteiger partial charge on any atom is 0.158 e. The van der Waals surface area contributed by atoms with Gasteiger partial charge in [-0.15, -0.1) is 0 Å². The van der Waals surface area contributed by atoms with Gasteiger partial charge in [0.25, 0.3) is 0 Å². The Balaban J connectivity index is 1.25. The highest BCUT2D eigenvalue weighted by atomic mass is 16.5. The van der Waals surface area contributed by atoms with Gasteiger partial charge in [-0.05, 0) is 97.2 Å². The van der Waals surface area contributed by atoms with Gasteiger partial charge in [0.05, 0.1) is 30.5 Å². The van der Waals surface area contributed by atoms with Crippen molar-refractivity contribution in [3.05, 3.63) is 18.0 Å². The van der Waals surface area contributed by atoms with Crippen LogP contribution >= 0.6 is 0 Å². The summed E-state index contributed by atoms with van der Waals surface area (Å²) in [5.41, 5.74) is 0.234. The first-order valence-corrected chi connectivity index (χ1v) is 13.8. The van der Waals surface area contributed by atoms with E-state index in [1.165, 1.54) is 19.3 Å². The van der Waals surface area contributed by atoms with Gasteiger partial charge in [-0.2, -0.15) is 10.4 Å². The number of aromatic nitrogens is 2. The van der Waals surface area contributed by atoms with Crippen LogP contribution in [0.25, 0.3) is 0 Å². The summed E-state index contributed by atoms with van der Waals surface area (Å²) in [4.78, 5) is 13.8. The third-order valence-electron chi connectivity index (χ3n) is 12.0. The zero-order valence-electron chi connectivity index (χ0n) is 21.7. The lowest BCUT2D eigenvalue weighted by Gasteiger charge is -2.62.